The zero-order chi connectivity index (χ0) is 14.7. The standard InChI is InChI=1S/C15H15BrN2O2/c1-10-7-12(3-5-14(10)16)9-17-15-6-4-13(18(19)20)8-11(15)2/h3-8,17H,9H2,1-2H3. The highest BCUT2D eigenvalue weighted by Crippen LogP contribution is 2.22. The summed E-state index contributed by atoms with van der Waals surface area (Å²) in [4.78, 5) is 10.3. The van der Waals surface area contributed by atoms with Gasteiger partial charge in [-0.05, 0) is 42.7 Å². The fourth-order valence-corrected chi connectivity index (χ4v) is 2.22. The first-order valence-corrected chi connectivity index (χ1v) is 7.00. The molecule has 0 saturated heterocycles. The Kier molecular flexibility index (Phi) is 4.39. The first kappa shape index (κ1) is 14.5. The third-order valence-electron chi connectivity index (χ3n) is 3.13. The van der Waals surface area contributed by atoms with Crippen LogP contribution in [0.25, 0.3) is 0 Å². The first-order valence-electron chi connectivity index (χ1n) is 6.21. The minimum Gasteiger partial charge on any atom is -0.381 e. The molecule has 0 amide bonds. The monoisotopic (exact) mass is 334 g/mol. The Labute approximate surface area is 126 Å². The molecule has 0 spiro atoms. The molecule has 4 nitrogen and oxygen atoms in total. The van der Waals surface area contributed by atoms with Gasteiger partial charge < -0.3 is 5.32 Å². The third kappa shape index (κ3) is 3.36. The lowest BCUT2D eigenvalue weighted by Gasteiger charge is -2.10. The normalized spacial score (nSPS) is 10.3. The lowest BCUT2D eigenvalue weighted by atomic mass is 10.1. The third-order valence-corrected chi connectivity index (χ3v) is 4.02. The van der Waals surface area contributed by atoms with Crippen molar-refractivity contribution in [2.45, 2.75) is 20.4 Å². The molecule has 0 radical (unpaired) electrons. The Balaban J connectivity index is 2.10. The minimum atomic E-state index is -0.380. The number of hydrogen-bond donors (Lipinski definition) is 1. The summed E-state index contributed by atoms with van der Waals surface area (Å²) in [6, 6.07) is 11.0. The molecule has 0 aliphatic heterocycles. The van der Waals surface area contributed by atoms with Crippen LogP contribution >= 0.6 is 15.9 Å². The van der Waals surface area contributed by atoms with E-state index in [2.05, 4.69) is 27.3 Å². The molecule has 5 heteroatoms. The summed E-state index contributed by atoms with van der Waals surface area (Å²) in [5.74, 6) is 0. The van der Waals surface area contributed by atoms with E-state index >= 15 is 0 Å². The van der Waals surface area contributed by atoms with Crippen LogP contribution in [0.3, 0.4) is 0 Å². The Morgan fingerprint density at radius 3 is 2.50 bits per heavy atom. The average Bonchev–Trinajstić information content (AvgIpc) is 2.41. The minimum absolute atomic E-state index is 0.118. The van der Waals surface area contributed by atoms with Crippen LogP contribution < -0.4 is 5.32 Å². The molecule has 0 atom stereocenters. The van der Waals surface area contributed by atoms with Crippen LogP contribution in [-0.4, -0.2) is 4.92 Å². The van der Waals surface area contributed by atoms with Crippen LogP contribution in [0.15, 0.2) is 40.9 Å². The molecular formula is C15H15BrN2O2. The van der Waals surface area contributed by atoms with Crippen molar-refractivity contribution in [3.8, 4) is 0 Å². The molecule has 0 fully saturated rings. The number of nitro groups is 1. The summed E-state index contributed by atoms with van der Waals surface area (Å²) in [6.45, 7) is 4.60. The Bertz CT molecular complexity index is 656. The largest absolute Gasteiger partial charge is 0.381 e. The van der Waals surface area contributed by atoms with Crippen LogP contribution in [-0.2, 0) is 6.54 Å². The predicted molar refractivity (Wildman–Crippen MR) is 84.0 cm³/mol. The molecule has 20 heavy (non-hydrogen) atoms. The van der Waals surface area contributed by atoms with Gasteiger partial charge in [0.25, 0.3) is 5.69 Å². The van der Waals surface area contributed by atoms with Crippen molar-refractivity contribution >= 4 is 27.3 Å². The van der Waals surface area contributed by atoms with Gasteiger partial charge in [-0.1, -0.05) is 28.1 Å². The lowest BCUT2D eigenvalue weighted by molar-refractivity contribution is -0.384. The van der Waals surface area contributed by atoms with Gasteiger partial charge in [0.2, 0.25) is 0 Å². The van der Waals surface area contributed by atoms with Crippen molar-refractivity contribution in [1.29, 1.82) is 0 Å². The van der Waals surface area contributed by atoms with E-state index in [1.807, 2.05) is 26.0 Å². The number of nitrogens with one attached hydrogen (secondary N) is 1. The van der Waals surface area contributed by atoms with Crippen molar-refractivity contribution in [2.24, 2.45) is 0 Å². The highest BCUT2D eigenvalue weighted by Gasteiger charge is 2.07. The second kappa shape index (κ2) is 6.05. The van der Waals surface area contributed by atoms with Crippen molar-refractivity contribution in [3.05, 3.63) is 67.7 Å². The maximum absolute atomic E-state index is 10.7. The Morgan fingerprint density at radius 2 is 1.90 bits per heavy atom. The molecule has 2 rings (SSSR count). The molecule has 0 unspecified atom stereocenters. The smallest absolute Gasteiger partial charge is 0.269 e. The summed E-state index contributed by atoms with van der Waals surface area (Å²) < 4.78 is 1.09. The van der Waals surface area contributed by atoms with Gasteiger partial charge in [-0.3, -0.25) is 10.1 Å². The number of benzene rings is 2. The van der Waals surface area contributed by atoms with E-state index in [0.29, 0.717) is 6.54 Å². The van der Waals surface area contributed by atoms with E-state index in [1.54, 1.807) is 12.1 Å². The molecular weight excluding hydrogens is 320 g/mol. The van der Waals surface area contributed by atoms with Crippen LogP contribution in [0.1, 0.15) is 16.7 Å². The van der Waals surface area contributed by atoms with Crippen LogP contribution in [0, 0.1) is 24.0 Å². The second-order valence-corrected chi connectivity index (χ2v) is 5.55. The van der Waals surface area contributed by atoms with E-state index in [9.17, 15) is 10.1 Å². The van der Waals surface area contributed by atoms with Gasteiger partial charge in [-0.2, -0.15) is 0 Å². The van der Waals surface area contributed by atoms with Gasteiger partial charge in [0.15, 0.2) is 0 Å². The van der Waals surface area contributed by atoms with E-state index in [1.165, 1.54) is 17.2 Å². The lowest BCUT2D eigenvalue weighted by Crippen LogP contribution is -2.02. The summed E-state index contributed by atoms with van der Waals surface area (Å²) in [5, 5.41) is 14.0. The summed E-state index contributed by atoms with van der Waals surface area (Å²) in [7, 11) is 0. The van der Waals surface area contributed by atoms with Gasteiger partial charge in [0.1, 0.15) is 0 Å². The summed E-state index contributed by atoms with van der Waals surface area (Å²) in [5.41, 5.74) is 4.25. The molecule has 0 bridgehead atoms. The molecule has 0 aromatic heterocycles. The Morgan fingerprint density at radius 1 is 1.15 bits per heavy atom. The second-order valence-electron chi connectivity index (χ2n) is 4.69. The summed E-state index contributed by atoms with van der Waals surface area (Å²) >= 11 is 3.47. The van der Waals surface area contributed by atoms with Gasteiger partial charge >= 0.3 is 0 Å². The van der Waals surface area contributed by atoms with E-state index in [-0.39, 0.29) is 10.6 Å². The molecule has 0 aliphatic carbocycles. The zero-order valence-corrected chi connectivity index (χ0v) is 12.9. The number of halogens is 1. The first-order chi connectivity index (χ1) is 9.47. The number of nitrogens with zero attached hydrogens (tertiary/aromatic N) is 1. The zero-order valence-electron chi connectivity index (χ0n) is 11.3. The van der Waals surface area contributed by atoms with Gasteiger partial charge in [0, 0.05) is 28.8 Å². The number of hydrogen-bond acceptors (Lipinski definition) is 3. The van der Waals surface area contributed by atoms with Gasteiger partial charge in [-0.25, -0.2) is 0 Å². The van der Waals surface area contributed by atoms with E-state index in [4.69, 9.17) is 0 Å². The number of anilines is 1. The SMILES string of the molecule is Cc1cc(CNc2ccc([N+](=O)[O-])cc2C)ccc1Br. The van der Waals surface area contributed by atoms with Crippen LogP contribution in [0.4, 0.5) is 11.4 Å². The highest BCUT2D eigenvalue weighted by molar-refractivity contribution is 9.10. The molecule has 0 heterocycles. The van der Waals surface area contributed by atoms with Crippen molar-refractivity contribution in [2.75, 3.05) is 5.32 Å². The van der Waals surface area contributed by atoms with Crippen molar-refractivity contribution in [1.82, 2.24) is 0 Å². The fraction of sp³-hybridized carbons (Fsp3) is 0.200. The maximum Gasteiger partial charge on any atom is 0.269 e. The molecule has 2 aromatic rings. The molecule has 104 valence electrons. The maximum atomic E-state index is 10.7. The fourth-order valence-electron chi connectivity index (χ4n) is 1.97. The number of non-ortho nitro benzene ring substituents is 1. The number of nitro benzene ring substituents is 1. The quantitative estimate of drug-likeness (QED) is 0.657. The number of rotatable bonds is 4. The van der Waals surface area contributed by atoms with E-state index in [0.717, 1.165) is 15.7 Å². The van der Waals surface area contributed by atoms with E-state index < -0.39 is 0 Å². The molecule has 0 saturated carbocycles. The highest BCUT2D eigenvalue weighted by atomic mass is 79.9. The van der Waals surface area contributed by atoms with Crippen molar-refractivity contribution in [3.63, 3.8) is 0 Å². The van der Waals surface area contributed by atoms with Gasteiger partial charge in [0.05, 0.1) is 4.92 Å². The average molecular weight is 335 g/mol. The van der Waals surface area contributed by atoms with Gasteiger partial charge in [-0.15, -0.1) is 0 Å². The predicted octanol–water partition coefficient (Wildman–Crippen LogP) is 4.59. The molecule has 0 aliphatic rings. The molecule has 2 aromatic carbocycles. The molecule has 1 N–H and O–H groups in total. The topological polar surface area (TPSA) is 55.2 Å². The van der Waals surface area contributed by atoms with Crippen molar-refractivity contribution < 1.29 is 4.92 Å². The Hall–Kier alpha value is -1.88. The van der Waals surface area contributed by atoms with Crippen LogP contribution in [0.2, 0.25) is 0 Å². The van der Waals surface area contributed by atoms with Crippen LogP contribution in [0.5, 0.6) is 0 Å². The number of aryl methyl sites for hydroxylation is 2. The summed E-state index contributed by atoms with van der Waals surface area (Å²) in [6.07, 6.45) is 0.